The minimum atomic E-state index is 0.214. The van der Waals surface area contributed by atoms with E-state index in [1.54, 1.807) is 0 Å². The van der Waals surface area contributed by atoms with E-state index in [1.807, 2.05) is 0 Å². The van der Waals surface area contributed by atoms with Gasteiger partial charge in [0.25, 0.3) is 0 Å². The molecule has 4 unspecified atom stereocenters. The van der Waals surface area contributed by atoms with E-state index < -0.39 is 0 Å². The summed E-state index contributed by atoms with van der Waals surface area (Å²) in [6, 6.07) is 1.32. The highest BCUT2D eigenvalue weighted by Crippen LogP contribution is 2.29. The van der Waals surface area contributed by atoms with Gasteiger partial charge in [-0.25, -0.2) is 0 Å². The highest BCUT2D eigenvalue weighted by Gasteiger charge is 2.37. The molecule has 0 aliphatic carbocycles. The number of rotatable bonds is 1. The molecule has 3 aliphatic rings. The van der Waals surface area contributed by atoms with Crippen LogP contribution in [0.3, 0.4) is 0 Å². The molecule has 3 saturated heterocycles. The molecule has 108 valence electrons. The lowest BCUT2D eigenvalue weighted by Crippen LogP contribution is -2.47. The topological polar surface area (TPSA) is 35.6 Å². The molecule has 0 aromatic heterocycles. The molecule has 3 fully saturated rings. The van der Waals surface area contributed by atoms with Crippen LogP contribution in [-0.2, 0) is 4.79 Å². The molecule has 3 rings (SSSR count). The molecular formula is C15H27N3O. The molecule has 2 bridgehead atoms. The van der Waals surface area contributed by atoms with Crippen molar-refractivity contribution < 1.29 is 4.79 Å². The largest absolute Gasteiger partial charge is 0.341 e. The number of carbonyl (C=O) groups is 1. The van der Waals surface area contributed by atoms with Crippen LogP contribution >= 0.6 is 0 Å². The molecule has 1 amide bonds. The number of hydrogen-bond acceptors (Lipinski definition) is 3. The van der Waals surface area contributed by atoms with Crippen LogP contribution in [0.1, 0.15) is 32.6 Å². The van der Waals surface area contributed by atoms with Gasteiger partial charge in [-0.15, -0.1) is 0 Å². The van der Waals surface area contributed by atoms with Crippen LogP contribution < -0.4 is 5.32 Å². The van der Waals surface area contributed by atoms with Gasteiger partial charge in [0.05, 0.1) is 5.92 Å². The van der Waals surface area contributed by atoms with Crippen LogP contribution in [0, 0.1) is 11.8 Å². The van der Waals surface area contributed by atoms with Crippen LogP contribution in [0.15, 0.2) is 0 Å². The second kappa shape index (κ2) is 5.41. The van der Waals surface area contributed by atoms with E-state index in [-0.39, 0.29) is 5.92 Å². The third-order valence-electron chi connectivity index (χ3n) is 5.38. The number of carbonyl (C=O) groups excluding carboxylic acids is 1. The third-order valence-corrected chi connectivity index (χ3v) is 5.38. The SMILES string of the molecule is CC1CNCC(C(=O)N2CCC3CCC(C2)N3C)C1. The molecule has 0 saturated carbocycles. The van der Waals surface area contributed by atoms with E-state index in [0.29, 0.717) is 23.9 Å². The van der Waals surface area contributed by atoms with Gasteiger partial charge in [0.15, 0.2) is 0 Å². The van der Waals surface area contributed by atoms with Crippen molar-refractivity contribution in [2.75, 3.05) is 33.2 Å². The quantitative estimate of drug-likeness (QED) is 0.766. The Hall–Kier alpha value is -0.610. The number of hydrogen-bond donors (Lipinski definition) is 1. The van der Waals surface area contributed by atoms with Gasteiger partial charge < -0.3 is 10.2 Å². The first-order valence-corrected chi connectivity index (χ1v) is 7.86. The molecule has 19 heavy (non-hydrogen) atoms. The molecule has 4 atom stereocenters. The average molecular weight is 265 g/mol. The van der Waals surface area contributed by atoms with Gasteiger partial charge in [-0.05, 0) is 45.2 Å². The predicted octanol–water partition coefficient (Wildman–Crippen LogP) is 0.927. The lowest BCUT2D eigenvalue weighted by molar-refractivity contribution is -0.136. The van der Waals surface area contributed by atoms with Gasteiger partial charge in [-0.3, -0.25) is 9.69 Å². The fourth-order valence-electron chi connectivity index (χ4n) is 4.11. The third kappa shape index (κ3) is 2.65. The molecule has 0 aromatic rings. The fraction of sp³-hybridized carbons (Fsp3) is 0.933. The Bertz CT molecular complexity index is 346. The van der Waals surface area contributed by atoms with Gasteiger partial charge in [-0.1, -0.05) is 6.92 Å². The molecule has 4 nitrogen and oxygen atoms in total. The molecule has 0 radical (unpaired) electrons. The Balaban J connectivity index is 1.64. The molecule has 3 heterocycles. The standard InChI is InChI=1S/C15H27N3O/c1-11-7-12(9-16-8-11)15(19)18-6-5-13-3-4-14(10-18)17(13)2/h11-14,16H,3-10H2,1-2H3. The van der Waals surface area contributed by atoms with Crippen molar-refractivity contribution in [2.45, 2.75) is 44.7 Å². The van der Waals surface area contributed by atoms with E-state index in [0.717, 1.165) is 39.0 Å². The first kappa shape index (κ1) is 13.4. The molecule has 4 heteroatoms. The van der Waals surface area contributed by atoms with Crippen LogP contribution in [0.25, 0.3) is 0 Å². The fourth-order valence-corrected chi connectivity index (χ4v) is 4.11. The van der Waals surface area contributed by atoms with Gasteiger partial charge in [-0.2, -0.15) is 0 Å². The molecular weight excluding hydrogens is 238 g/mol. The maximum Gasteiger partial charge on any atom is 0.227 e. The summed E-state index contributed by atoms with van der Waals surface area (Å²) >= 11 is 0. The maximum absolute atomic E-state index is 12.7. The van der Waals surface area contributed by atoms with Gasteiger partial charge in [0.1, 0.15) is 0 Å². The highest BCUT2D eigenvalue weighted by atomic mass is 16.2. The molecule has 1 N–H and O–H groups in total. The van der Waals surface area contributed by atoms with Gasteiger partial charge in [0.2, 0.25) is 5.91 Å². The predicted molar refractivity (Wildman–Crippen MR) is 75.9 cm³/mol. The van der Waals surface area contributed by atoms with Crippen LogP contribution in [0.4, 0.5) is 0 Å². The van der Waals surface area contributed by atoms with E-state index >= 15 is 0 Å². The van der Waals surface area contributed by atoms with Crippen molar-refractivity contribution in [1.82, 2.24) is 15.1 Å². The van der Waals surface area contributed by atoms with Crippen LogP contribution in [-0.4, -0.2) is 61.0 Å². The Morgan fingerprint density at radius 2 is 1.95 bits per heavy atom. The Kier molecular flexibility index (Phi) is 3.81. The monoisotopic (exact) mass is 265 g/mol. The summed E-state index contributed by atoms with van der Waals surface area (Å²) in [5, 5.41) is 3.41. The Morgan fingerprint density at radius 1 is 1.16 bits per heavy atom. The Labute approximate surface area is 116 Å². The van der Waals surface area contributed by atoms with E-state index in [9.17, 15) is 4.79 Å². The first-order chi connectivity index (χ1) is 9.15. The zero-order valence-corrected chi connectivity index (χ0v) is 12.3. The summed E-state index contributed by atoms with van der Waals surface area (Å²) in [5.41, 5.74) is 0. The number of fused-ring (bicyclic) bond motifs is 2. The minimum Gasteiger partial charge on any atom is -0.341 e. The van der Waals surface area contributed by atoms with E-state index in [2.05, 4.69) is 29.1 Å². The number of likely N-dealkylation sites (N-methyl/N-ethyl adjacent to an activating group) is 1. The van der Waals surface area contributed by atoms with Crippen molar-refractivity contribution in [3.63, 3.8) is 0 Å². The van der Waals surface area contributed by atoms with Crippen LogP contribution in [0.5, 0.6) is 0 Å². The van der Waals surface area contributed by atoms with Gasteiger partial charge in [0, 0.05) is 31.7 Å². The number of nitrogens with one attached hydrogen (secondary N) is 1. The lowest BCUT2D eigenvalue weighted by atomic mass is 9.90. The zero-order chi connectivity index (χ0) is 13.4. The summed E-state index contributed by atoms with van der Waals surface area (Å²) in [4.78, 5) is 17.4. The second-order valence-electron chi connectivity index (χ2n) is 6.82. The first-order valence-electron chi connectivity index (χ1n) is 7.86. The molecule has 0 aromatic carbocycles. The summed E-state index contributed by atoms with van der Waals surface area (Å²) in [6.07, 6.45) is 4.82. The second-order valence-corrected chi connectivity index (χ2v) is 6.82. The van der Waals surface area contributed by atoms with Crippen molar-refractivity contribution in [1.29, 1.82) is 0 Å². The van der Waals surface area contributed by atoms with Crippen molar-refractivity contribution >= 4 is 5.91 Å². The van der Waals surface area contributed by atoms with Gasteiger partial charge >= 0.3 is 0 Å². The molecule has 0 spiro atoms. The summed E-state index contributed by atoms with van der Waals surface area (Å²) in [7, 11) is 2.24. The normalized spacial score (nSPS) is 40.2. The average Bonchev–Trinajstić information content (AvgIpc) is 2.62. The zero-order valence-electron chi connectivity index (χ0n) is 12.3. The summed E-state index contributed by atoms with van der Waals surface area (Å²) < 4.78 is 0. The van der Waals surface area contributed by atoms with E-state index in [1.165, 1.54) is 12.8 Å². The lowest BCUT2D eigenvalue weighted by Gasteiger charge is -2.33. The minimum absolute atomic E-state index is 0.214. The summed E-state index contributed by atoms with van der Waals surface area (Å²) in [6.45, 7) is 6.11. The number of amides is 1. The van der Waals surface area contributed by atoms with Crippen molar-refractivity contribution in [3.05, 3.63) is 0 Å². The van der Waals surface area contributed by atoms with Crippen molar-refractivity contribution in [3.8, 4) is 0 Å². The van der Waals surface area contributed by atoms with Crippen LogP contribution in [0.2, 0.25) is 0 Å². The highest BCUT2D eigenvalue weighted by molar-refractivity contribution is 5.79. The summed E-state index contributed by atoms with van der Waals surface area (Å²) in [5.74, 6) is 1.25. The maximum atomic E-state index is 12.7. The van der Waals surface area contributed by atoms with Crippen molar-refractivity contribution in [2.24, 2.45) is 11.8 Å². The Morgan fingerprint density at radius 3 is 2.74 bits per heavy atom. The smallest absolute Gasteiger partial charge is 0.227 e. The molecule has 3 aliphatic heterocycles. The number of nitrogens with zero attached hydrogens (tertiary/aromatic N) is 2. The number of piperidine rings is 1. The number of likely N-dealkylation sites (tertiary alicyclic amines) is 1. The van der Waals surface area contributed by atoms with E-state index in [4.69, 9.17) is 0 Å².